The summed E-state index contributed by atoms with van der Waals surface area (Å²) in [4.78, 5) is -0.247. The van der Waals surface area contributed by atoms with Crippen molar-refractivity contribution in [3.63, 3.8) is 0 Å². The van der Waals surface area contributed by atoms with E-state index in [1.807, 2.05) is 0 Å². The lowest BCUT2D eigenvalue weighted by atomic mass is 10.3. The molecule has 3 rings (SSSR count). The van der Waals surface area contributed by atoms with Gasteiger partial charge in [-0.3, -0.25) is 0 Å². The molecule has 0 spiro atoms. The maximum atomic E-state index is 10.4. The van der Waals surface area contributed by atoms with E-state index in [1.54, 1.807) is 0 Å². The second-order valence-corrected chi connectivity index (χ2v) is 9.23. The molecule has 0 aromatic heterocycles. The summed E-state index contributed by atoms with van der Waals surface area (Å²) in [5, 5.41) is 0. The van der Waals surface area contributed by atoms with Crippen LogP contribution < -0.4 is 25.9 Å². The molecule has 130 valence electrons. The summed E-state index contributed by atoms with van der Waals surface area (Å²) in [6.45, 7) is 0. The van der Waals surface area contributed by atoms with Crippen molar-refractivity contribution in [1.82, 2.24) is 0 Å². The van der Waals surface area contributed by atoms with Crippen molar-refractivity contribution in [2.45, 2.75) is 4.90 Å². The van der Waals surface area contributed by atoms with Gasteiger partial charge in [-0.05, 0) is 48.5 Å². The van der Waals surface area contributed by atoms with Crippen LogP contribution in [-0.4, -0.2) is 20.1 Å². The minimum Gasteiger partial charge on any atom is -0.744 e. The summed E-state index contributed by atoms with van der Waals surface area (Å²) in [7, 11) is -2.87. The van der Waals surface area contributed by atoms with Gasteiger partial charge in [0.05, 0.1) is 12.0 Å². The normalized spacial score (nSPS) is 10.5. The van der Waals surface area contributed by atoms with Gasteiger partial charge in [0.2, 0.25) is 0 Å². The largest absolute Gasteiger partial charge is 0.744 e. The van der Waals surface area contributed by atoms with E-state index in [9.17, 15) is 13.0 Å². The number of benzene rings is 3. The molecule has 3 aromatic carbocycles. The molecular formula is C19H17IO4S. The summed E-state index contributed by atoms with van der Waals surface area (Å²) in [6.07, 6.45) is 0. The highest BCUT2D eigenvalue weighted by Gasteiger charge is 2.12. The smallest absolute Gasteiger partial charge is 0.357 e. The second kappa shape index (κ2) is 9.55. The third-order valence-corrected chi connectivity index (χ3v) is 6.57. The predicted octanol–water partition coefficient (Wildman–Crippen LogP) is 0.414. The molecule has 0 amide bonds. The monoisotopic (exact) mass is 468 g/mol. The van der Waals surface area contributed by atoms with Gasteiger partial charge in [-0.15, -0.1) is 0 Å². The maximum Gasteiger partial charge on any atom is 0.357 e. The molecule has 0 radical (unpaired) electrons. The molecule has 0 aliphatic carbocycles. The number of rotatable bonds is 4. The number of ether oxygens (including phenoxy) is 1. The Hall–Kier alpha value is -1.90. The molecule has 0 fully saturated rings. The van der Waals surface area contributed by atoms with E-state index in [0.29, 0.717) is 5.75 Å². The standard InChI is InChI=1S/C12H10I.C7H8O4S/c1-3-7-11(8-4-1)13-12-9-5-2-6-10-12;1-11-6-2-4-7(5-3-6)12(8,9)10/h1-10H;2-5H,1H3,(H,8,9,10)/q+1;/p-1. The van der Waals surface area contributed by atoms with Gasteiger partial charge in [0.1, 0.15) is 15.9 Å². The molecule has 0 N–H and O–H groups in total. The van der Waals surface area contributed by atoms with Crippen LogP contribution in [0.4, 0.5) is 0 Å². The van der Waals surface area contributed by atoms with Gasteiger partial charge in [0.25, 0.3) is 0 Å². The minimum atomic E-state index is -4.33. The Bertz CT molecular complexity index is 827. The topological polar surface area (TPSA) is 66.4 Å². The Balaban J connectivity index is 0.000000181. The molecule has 0 heterocycles. The molecule has 4 nitrogen and oxygen atoms in total. The van der Waals surface area contributed by atoms with Crippen LogP contribution in [0.1, 0.15) is 0 Å². The van der Waals surface area contributed by atoms with E-state index in [1.165, 1.54) is 38.5 Å². The molecule has 6 heteroatoms. The number of halogens is 1. The summed E-state index contributed by atoms with van der Waals surface area (Å²) in [6, 6.07) is 26.7. The van der Waals surface area contributed by atoms with E-state index in [4.69, 9.17) is 4.74 Å². The van der Waals surface area contributed by atoms with Crippen LogP contribution in [0.5, 0.6) is 5.75 Å². The molecule has 0 atom stereocenters. The number of hydrogen-bond donors (Lipinski definition) is 0. The molecule has 3 aromatic rings. The predicted molar refractivity (Wildman–Crippen MR) is 91.2 cm³/mol. The van der Waals surface area contributed by atoms with Gasteiger partial charge in [-0.25, -0.2) is 8.42 Å². The van der Waals surface area contributed by atoms with E-state index >= 15 is 0 Å². The van der Waals surface area contributed by atoms with E-state index in [-0.39, 0.29) is 26.1 Å². The second-order valence-electron chi connectivity index (χ2n) is 4.82. The van der Waals surface area contributed by atoms with E-state index in [2.05, 4.69) is 60.7 Å². The molecule has 0 bridgehead atoms. The van der Waals surface area contributed by atoms with Gasteiger partial charge in [-0.2, -0.15) is 0 Å². The molecule has 0 aliphatic heterocycles. The minimum absolute atomic E-state index is 0.0287. The number of methoxy groups -OCH3 is 1. The van der Waals surface area contributed by atoms with Gasteiger partial charge in [-0.1, -0.05) is 36.4 Å². The van der Waals surface area contributed by atoms with Crippen LogP contribution in [0.25, 0.3) is 0 Å². The van der Waals surface area contributed by atoms with Crippen LogP contribution in [0, 0.1) is 7.14 Å². The average molecular weight is 468 g/mol. The number of hydrogen-bond acceptors (Lipinski definition) is 4. The molecule has 0 saturated heterocycles. The first-order chi connectivity index (χ1) is 12.0. The van der Waals surface area contributed by atoms with Crippen LogP contribution in [-0.2, 0) is 10.1 Å². The van der Waals surface area contributed by atoms with Crippen molar-refractivity contribution in [3.05, 3.63) is 92.1 Å². The summed E-state index contributed by atoms with van der Waals surface area (Å²) in [5.41, 5.74) is 0. The molecule has 0 aliphatic rings. The van der Waals surface area contributed by atoms with Gasteiger partial charge in [0, 0.05) is 0 Å². The lowest BCUT2D eigenvalue weighted by Gasteiger charge is -2.06. The highest BCUT2D eigenvalue weighted by molar-refractivity contribution is 7.85. The zero-order chi connectivity index (χ0) is 18.1. The summed E-state index contributed by atoms with van der Waals surface area (Å²) < 4.78 is 39.1. The van der Waals surface area contributed by atoms with Crippen LogP contribution in [0.15, 0.2) is 89.8 Å². The SMILES string of the molecule is COc1ccc(S(=O)(=O)[O-])cc1.c1ccc([I+]c2ccccc2)cc1. The Morgan fingerprint density at radius 2 is 1.20 bits per heavy atom. The van der Waals surface area contributed by atoms with Crippen LogP contribution in [0.2, 0.25) is 0 Å². The van der Waals surface area contributed by atoms with Crippen molar-refractivity contribution < 1.29 is 38.9 Å². The van der Waals surface area contributed by atoms with Gasteiger partial charge in [0.15, 0.2) is 7.14 Å². The lowest BCUT2D eigenvalue weighted by Crippen LogP contribution is -3.61. The Labute approximate surface area is 158 Å². The van der Waals surface area contributed by atoms with Crippen molar-refractivity contribution in [2.24, 2.45) is 0 Å². The van der Waals surface area contributed by atoms with Crippen LogP contribution in [0.3, 0.4) is 0 Å². The lowest BCUT2D eigenvalue weighted by molar-refractivity contribution is -0.597. The van der Waals surface area contributed by atoms with Gasteiger partial charge >= 0.3 is 21.2 Å². The summed E-state index contributed by atoms with van der Waals surface area (Å²) >= 11 is 0.0287. The van der Waals surface area contributed by atoms with E-state index < -0.39 is 10.1 Å². The zero-order valence-corrected chi connectivity index (χ0v) is 16.5. The highest BCUT2D eigenvalue weighted by Crippen LogP contribution is 2.14. The Morgan fingerprint density at radius 3 is 1.56 bits per heavy atom. The third kappa shape index (κ3) is 6.85. The molecule has 25 heavy (non-hydrogen) atoms. The average Bonchev–Trinajstić information content (AvgIpc) is 2.63. The molecule has 0 unspecified atom stereocenters. The van der Waals surface area contributed by atoms with Crippen molar-refractivity contribution >= 4 is 10.1 Å². The van der Waals surface area contributed by atoms with Crippen molar-refractivity contribution in [3.8, 4) is 5.75 Å². The molecule has 0 saturated carbocycles. The van der Waals surface area contributed by atoms with Gasteiger partial charge < -0.3 is 9.29 Å². The fourth-order valence-electron chi connectivity index (χ4n) is 1.82. The first-order valence-corrected chi connectivity index (χ1v) is 10.9. The van der Waals surface area contributed by atoms with Crippen molar-refractivity contribution in [2.75, 3.05) is 7.11 Å². The zero-order valence-electron chi connectivity index (χ0n) is 13.5. The maximum absolute atomic E-state index is 10.4. The first kappa shape index (κ1) is 19.4. The Morgan fingerprint density at radius 1 is 0.760 bits per heavy atom. The summed E-state index contributed by atoms with van der Waals surface area (Å²) in [5.74, 6) is 0.516. The van der Waals surface area contributed by atoms with Crippen LogP contribution >= 0.6 is 0 Å². The fraction of sp³-hybridized carbons (Fsp3) is 0.0526. The van der Waals surface area contributed by atoms with Crippen molar-refractivity contribution in [1.29, 1.82) is 0 Å². The fourth-order valence-corrected chi connectivity index (χ4v) is 4.56. The highest BCUT2D eigenvalue weighted by atomic mass is 127. The molecular weight excluding hydrogens is 451 g/mol. The van der Waals surface area contributed by atoms with E-state index in [0.717, 1.165) is 0 Å². The Kier molecular flexibility index (Phi) is 7.42. The third-order valence-electron chi connectivity index (χ3n) is 3.03. The quantitative estimate of drug-likeness (QED) is 0.411. The first-order valence-electron chi connectivity index (χ1n) is 7.34.